The van der Waals surface area contributed by atoms with Crippen LogP contribution in [0.5, 0.6) is 0 Å². The van der Waals surface area contributed by atoms with Gasteiger partial charge in [-0.3, -0.25) is 4.68 Å². The first-order chi connectivity index (χ1) is 9.45. The van der Waals surface area contributed by atoms with E-state index in [1.165, 1.54) is 12.5 Å². The Kier molecular flexibility index (Phi) is 4.26. The number of hydrogen-bond donors (Lipinski definition) is 2. The molecule has 0 aliphatic heterocycles. The first-order valence-electron chi connectivity index (χ1n) is 6.20. The Bertz CT molecular complexity index is 674. The van der Waals surface area contributed by atoms with Crippen molar-refractivity contribution in [2.45, 2.75) is 31.8 Å². The molecule has 0 radical (unpaired) electrons. The largest absolute Gasteiger partial charge is 0.472 e. The number of aryl methyl sites for hydroxylation is 1. The molecule has 2 rings (SSSR count). The molecule has 0 aromatic carbocycles. The minimum Gasteiger partial charge on any atom is -0.472 e. The van der Waals surface area contributed by atoms with Crippen molar-refractivity contribution < 1.29 is 12.8 Å². The first-order valence-corrected chi connectivity index (χ1v) is 7.69. The predicted octanol–water partition coefficient (Wildman–Crippen LogP) is 0.530. The molecule has 0 amide bonds. The molecule has 2 heterocycles. The van der Waals surface area contributed by atoms with E-state index in [0.717, 1.165) is 5.56 Å². The average molecular weight is 298 g/mol. The summed E-state index contributed by atoms with van der Waals surface area (Å²) in [5, 5.41) is 4.21. The summed E-state index contributed by atoms with van der Waals surface area (Å²) in [5.41, 5.74) is 7.31. The van der Waals surface area contributed by atoms with E-state index >= 15 is 0 Å². The van der Waals surface area contributed by atoms with Crippen molar-refractivity contribution in [3.05, 3.63) is 35.5 Å². The lowest BCUT2D eigenvalue weighted by Gasteiger charge is -2.06. The summed E-state index contributed by atoms with van der Waals surface area (Å²) in [6, 6.07) is 1.71. The van der Waals surface area contributed by atoms with E-state index in [1.54, 1.807) is 24.6 Å². The number of aromatic nitrogens is 2. The van der Waals surface area contributed by atoms with E-state index in [2.05, 4.69) is 9.82 Å². The third-order valence-electron chi connectivity index (χ3n) is 2.97. The zero-order valence-electron chi connectivity index (χ0n) is 11.5. The van der Waals surface area contributed by atoms with Crippen molar-refractivity contribution >= 4 is 10.0 Å². The SMILES string of the molecule is Cc1nn(CCN)c(C)c1S(=O)(=O)NCc1ccoc1. The highest BCUT2D eigenvalue weighted by Crippen LogP contribution is 2.19. The number of rotatable bonds is 6. The van der Waals surface area contributed by atoms with Gasteiger partial charge >= 0.3 is 0 Å². The molecule has 110 valence electrons. The van der Waals surface area contributed by atoms with Crippen molar-refractivity contribution in [3.63, 3.8) is 0 Å². The molecule has 0 saturated heterocycles. The van der Waals surface area contributed by atoms with Crippen molar-refractivity contribution in [3.8, 4) is 0 Å². The number of furan rings is 1. The van der Waals surface area contributed by atoms with E-state index in [4.69, 9.17) is 10.2 Å². The van der Waals surface area contributed by atoms with Crippen LogP contribution in [0.2, 0.25) is 0 Å². The first kappa shape index (κ1) is 14.8. The highest BCUT2D eigenvalue weighted by Gasteiger charge is 2.24. The van der Waals surface area contributed by atoms with Gasteiger partial charge in [-0.05, 0) is 19.9 Å². The summed E-state index contributed by atoms with van der Waals surface area (Å²) < 4.78 is 33.8. The molecule has 0 saturated carbocycles. The van der Waals surface area contributed by atoms with Crippen molar-refractivity contribution in [2.75, 3.05) is 6.54 Å². The lowest BCUT2D eigenvalue weighted by atomic mass is 10.4. The molecule has 2 aromatic rings. The van der Waals surface area contributed by atoms with Gasteiger partial charge in [-0.25, -0.2) is 13.1 Å². The van der Waals surface area contributed by atoms with Crippen LogP contribution in [-0.4, -0.2) is 24.7 Å². The molecular weight excluding hydrogens is 280 g/mol. The van der Waals surface area contributed by atoms with Crippen LogP contribution in [0.3, 0.4) is 0 Å². The minimum atomic E-state index is -3.61. The highest BCUT2D eigenvalue weighted by molar-refractivity contribution is 7.89. The molecule has 7 nitrogen and oxygen atoms in total. The molecule has 3 N–H and O–H groups in total. The zero-order chi connectivity index (χ0) is 14.8. The normalized spacial score (nSPS) is 11.9. The van der Waals surface area contributed by atoms with Crippen molar-refractivity contribution in [2.24, 2.45) is 5.73 Å². The van der Waals surface area contributed by atoms with Crippen LogP contribution in [0.15, 0.2) is 27.9 Å². The average Bonchev–Trinajstić information content (AvgIpc) is 2.97. The van der Waals surface area contributed by atoms with Crippen LogP contribution in [-0.2, 0) is 23.1 Å². The molecular formula is C12H18N4O3S. The highest BCUT2D eigenvalue weighted by atomic mass is 32.2. The topological polar surface area (TPSA) is 103 Å². The Morgan fingerprint density at radius 3 is 2.80 bits per heavy atom. The second kappa shape index (κ2) is 5.78. The maximum Gasteiger partial charge on any atom is 0.244 e. The fourth-order valence-corrected chi connectivity index (χ4v) is 3.48. The molecule has 2 aromatic heterocycles. The summed E-state index contributed by atoms with van der Waals surface area (Å²) in [6.07, 6.45) is 3.00. The lowest BCUT2D eigenvalue weighted by Crippen LogP contribution is -2.24. The van der Waals surface area contributed by atoms with Gasteiger partial charge < -0.3 is 10.2 Å². The summed E-state index contributed by atoms with van der Waals surface area (Å²) in [5.74, 6) is 0. The molecule has 0 atom stereocenters. The Morgan fingerprint density at radius 1 is 1.45 bits per heavy atom. The number of nitrogens with zero attached hydrogens (tertiary/aromatic N) is 2. The monoisotopic (exact) mass is 298 g/mol. The van der Waals surface area contributed by atoms with Gasteiger partial charge in [0.05, 0.1) is 30.5 Å². The van der Waals surface area contributed by atoms with E-state index < -0.39 is 10.0 Å². The van der Waals surface area contributed by atoms with Gasteiger partial charge in [0.2, 0.25) is 10.0 Å². The van der Waals surface area contributed by atoms with E-state index in [-0.39, 0.29) is 11.4 Å². The smallest absolute Gasteiger partial charge is 0.244 e. The molecule has 20 heavy (non-hydrogen) atoms. The second-order valence-corrected chi connectivity index (χ2v) is 6.17. The Morgan fingerprint density at radius 2 is 2.20 bits per heavy atom. The number of hydrogen-bond acceptors (Lipinski definition) is 5. The quantitative estimate of drug-likeness (QED) is 0.809. The molecule has 8 heteroatoms. The molecule has 0 aliphatic carbocycles. The fourth-order valence-electron chi connectivity index (χ4n) is 2.05. The van der Waals surface area contributed by atoms with Crippen LogP contribution in [0.1, 0.15) is 17.0 Å². The molecule has 0 fully saturated rings. The van der Waals surface area contributed by atoms with Crippen LogP contribution in [0.4, 0.5) is 0 Å². The van der Waals surface area contributed by atoms with Gasteiger partial charge in [0, 0.05) is 18.7 Å². The summed E-state index contributed by atoms with van der Waals surface area (Å²) in [7, 11) is -3.61. The van der Waals surface area contributed by atoms with Crippen LogP contribution < -0.4 is 10.5 Å². The van der Waals surface area contributed by atoms with Crippen molar-refractivity contribution in [1.82, 2.24) is 14.5 Å². The van der Waals surface area contributed by atoms with Crippen LogP contribution in [0.25, 0.3) is 0 Å². The Labute approximate surface area is 117 Å². The van der Waals surface area contributed by atoms with Gasteiger partial charge in [0.1, 0.15) is 4.90 Å². The van der Waals surface area contributed by atoms with Gasteiger partial charge in [-0.2, -0.15) is 5.10 Å². The third kappa shape index (κ3) is 2.92. The number of nitrogens with two attached hydrogens (primary N) is 1. The number of sulfonamides is 1. The standard InChI is InChI=1S/C12H18N4O3S/c1-9-12(10(2)16(15-9)5-4-13)20(17,18)14-7-11-3-6-19-8-11/h3,6,8,14H,4-5,7,13H2,1-2H3. The molecule has 0 spiro atoms. The van der Waals surface area contributed by atoms with E-state index in [0.29, 0.717) is 24.5 Å². The minimum absolute atomic E-state index is 0.180. The molecule has 0 aliphatic rings. The van der Waals surface area contributed by atoms with Crippen molar-refractivity contribution in [1.29, 1.82) is 0 Å². The van der Waals surface area contributed by atoms with Crippen LogP contribution >= 0.6 is 0 Å². The van der Waals surface area contributed by atoms with Gasteiger partial charge in [-0.1, -0.05) is 0 Å². The lowest BCUT2D eigenvalue weighted by molar-refractivity contribution is 0.560. The maximum absolute atomic E-state index is 12.4. The molecule has 0 bridgehead atoms. The van der Waals surface area contributed by atoms with Gasteiger partial charge in [0.25, 0.3) is 0 Å². The molecule has 0 unspecified atom stereocenters. The Balaban J connectivity index is 2.25. The van der Waals surface area contributed by atoms with E-state index in [9.17, 15) is 8.42 Å². The van der Waals surface area contributed by atoms with Gasteiger partial charge in [-0.15, -0.1) is 0 Å². The summed E-state index contributed by atoms with van der Waals surface area (Å²) in [6.45, 7) is 4.47. The van der Waals surface area contributed by atoms with Crippen LogP contribution in [0, 0.1) is 13.8 Å². The second-order valence-electron chi connectivity index (χ2n) is 4.47. The third-order valence-corrected chi connectivity index (χ3v) is 4.62. The maximum atomic E-state index is 12.4. The predicted molar refractivity (Wildman–Crippen MR) is 73.5 cm³/mol. The summed E-state index contributed by atoms with van der Waals surface area (Å²) in [4.78, 5) is 0.217. The Hall–Kier alpha value is -1.64. The van der Waals surface area contributed by atoms with Gasteiger partial charge in [0.15, 0.2) is 0 Å². The summed E-state index contributed by atoms with van der Waals surface area (Å²) >= 11 is 0. The zero-order valence-corrected chi connectivity index (χ0v) is 12.3. The van der Waals surface area contributed by atoms with E-state index in [1.807, 2.05) is 0 Å². The number of nitrogens with one attached hydrogen (secondary N) is 1. The fraction of sp³-hybridized carbons (Fsp3) is 0.417.